The SMILES string of the molecule is Cc1ccc(-n2c(O)cc(=O)n(-c3ccc(C)cc3)c2=O)cc1. The smallest absolute Gasteiger partial charge is 0.343 e. The van der Waals surface area contributed by atoms with Gasteiger partial charge in [-0.1, -0.05) is 35.4 Å². The van der Waals surface area contributed by atoms with Gasteiger partial charge in [-0.15, -0.1) is 0 Å². The highest BCUT2D eigenvalue weighted by Gasteiger charge is 2.13. The largest absolute Gasteiger partial charge is 0.494 e. The first kappa shape index (κ1) is 14.8. The summed E-state index contributed by atoms with van der Waals surface area (Å²) in [5, 5.41) is 10.1. The third-order valence-electron chi connectivity index (χ3n) is 3.67. The molecule has 0 unspecified atom stereocenters. The van der Waals surface area contributed by atoms with Crippen molar-refractivity contribution in [1.29, 1.82) is 0 Å². The molecular formula is C18H16N2O3. The van der Waals surface area contributed by atoms with Crippen molar-refractivity contribution in [3.8, 4) is 17.3 Å². The van der Waals surface area contributed by atoms with Gasteiger partial charge in [0.05, 0.1) is 17.4 Å². The highest BCUT2D eigenvalue weighted by molar-refractivity contribution is 5.40. The zero-order chi connectivity index (χ0) is 16.6. The Morgan fingerprint density at radius 3 is 1.65 bits per heavy atom. The number of rotatable bonds is 2. The van der Waals surface area contributed by atoms with E-state index in [2.05, 4.69) is 0 Å². The molecule has 5 nitrogen and oxygen atoms in total. The highest BCUT2D eigenvalue weighted by atomic mass is 16.3. The standard InChI is InChI=1S/C18H16N2O3/c1-12-3-7-14(8-4-12)19-16(21)11-17(22)20(18(19)23)15-9-5-13(2)6-10-15/h3-11,21H,1-2H3. The van der Waals surface area contributed by atoms with E-state index >= 15 is 0 Å². The average molecular weight is 308 g/mol. The van der Waals surface area contributed by atoms with E-state index in [1.807, 2.05) is 38.1 Å². The maximum Gasteiger partial charge on any atom is 0.343 e. The van der Waals surface area contributed by atoms with Crippen molar-refractivity contribution in [3.05, 3.63) is 86.6 Å². The molecule has 0 atom stereocenters. The number of hydrogen-bond donors (Lipinski definition) is 1. The first-order chi connectivity index (χ1) is 11.0. The van der Waals surface area contributed by atoms with Crippen LogP contribution < -0.4 is 11.2 Å². The second kappa shape index (κ2) is 5.61. The van der Waals surface area contributed by atoms with Crippen molar-refractivity contribution in [1.82, 2.24) is 9.13 Å². The van der Waals surface area contributed by atoms with Crippen molar-refractivity contribution < 1.29 is 5.11 Å². The van der Waals surface area contributed by atoms with Crippen molar-refractivity contribution in [2.45, 2.75) is 13.8 Å². The van der Waals surface area contributed by atoms with Gasteiger partial charge >= 0.3 is 5.69 Å². The molecule has 3 rings (SSSR count). The Labute approximate surface area is 132 Å². The minimum absolute atomic E-state index is 0.382. The molecule has 0 bridgehead atoms. The van der Waals surface area contributed by atoms with Crippen LogP contribution in [0.2, 0.25) is 0 Å². The summed E-state index contributed by atoms with van der Waals surface area (Å²) in [6.07, 6.45) is 0. The number of aromatic nitrogens is 2. The van der Waals surface area contributed by atoms with E-state index in [1.54, 1.807) is 24.3 Å². The van der Waals surface area contributed by atoms with Crippen LogP contribution in [0, 0.1) is 13.8 Å². The van der Waals surface area contributed by atoms with E-state index in [-0.39, 0.29) is 5.88 Å². The number of nitrogens with zero attached hydrogens (tertiary/aromatic N) is 2. The summed E-state index contributed by atoms with van der Waals surface area (Å²) in [7, 11) is 0. The maximum absolute atomic E-state index is 12.7. The summed E-state index contributed by atoms with van der Waals surface area (Å²) in [6.45, 7) is 3.85. The van der Waals surface area contributed by atoms with Gasteiger partial charge in [0, 0.05) is 0 Å². The molecule has 0 fully saturated rings. The Balaban J connectivity index is 2.29. The molecule has 0 amide bonds. The Morgan fingerprint density at radius 1 is 0.739 bits per heavy atom. The van der Waals surface area contributed by atoms with E-state index in [0.717, 1.165) is 26.3 Å². The van der Waals surface area contributed by atoms with Crippen LogP contribution in [-0.4, -0.2) is 14.2 Å². The number of hydrogen-bond acceptors (Lipinski definition) is 3. The van der Waals surface area contributed by atoms with Gasteiger partial charge < -0.3 is 5.11 Å². The second-order valence-electron chi connectivity index (χ2n) is 5.47. The van der Waals surface area contributed by atoms with Crippen molar-refractivity contribution in [2.24, 2.45) is 0 Å². The van der Waals surface area contributed by atoms with Gasteiger partial charge in [-0.25, -0.2) is 13.9 Å². The molecule has 0 saturated carbocycles. The Kier molecular flexibility index (Phi) is 3.62. The first-order valence-electron chi connectivity index (χ1n) is 7.19. The average Bonchev–Trinajstić information content (AvgIpc) is 2.50. The van der Waals surface area contributed by atoms with E-state index in [1.165, 1.54) is 0 Å². The Bertz CT molecular complexity index is 965. The molecule has 1 N–H and O–H groups in total. The molecule has 116 valence electrons. The molecule has 1 heterocycles. The molecule has 0 aliphatic carbocycles. The summed E-state index contributed by atoms with van der Waals surface area (Å²) < 4.78 is 2.15. The van der Waals surface area contributed by atoms with Gasteiger partial charge in [-0.3, -0.25) is 4.79 Å². The molecule has 3 aromatic rings. The fraction of sp³-hybridized carbons (Fsp3) is 0.111. The highest BCUT2D eigenvalue weighted by Crippen LogP contribution is 2.14. The molecular weight excluding hydrogens is 292 g/mol. The van der Waals surface area contributed by atoms with E-state index in [0.29, 0.717) is 11.4 Å². The van der Waals surface area contributed by atoms with Crippen LogP contribution >= 0.6 is 0 Å². The molecule has 2 aromatic carbocycles. The number of aryl methyl sites for hydroxylation is 2. The Hall–Kier alpha value is -3.08. The van der Waals surface area contributed by atoms with Crippen molar-refractivity contribution in [3.63, 3.8) is 0 Å². The van der Waals surface area contributed by atoms with Gasteiger partial charge in [0.2, 0.25) is 5.88 Å². The van der Waals surface area contributed by atoms with Crippen LogP contribution in [0.15, 0.2) is 64.2 Å². The summed E-state index contributed by atoms with van der Waals surface area (Å²) >= 11 is 0. The summed E-state index contributed by atoms with van der Waals surface area (Å²) in [4.78, 5) is 24.9. The van der Waals surface area contributed by atoms with E-state index in [9.17, 15) is 14.7 Å². The van der Waals surface area contributed by atoms with Crippen LogP contribution in [-0.2, 0) is 0 Å². The van der Waals surface area contributed by atoms with Crippen molar-refractivity contribution >= 4 is 0 Å². The molecule has 1 aromatic heterocycles. The quantitative estimate of drug-likeness (QED) is 0.790. The maximum atomic E-state index is 12.7. The van der Waals surface area contributed by atoms with Crippen molar-refractivity contribution in [2.75, 3.05) is 0 Å². The monoisotopic (exact) mass is 308 g/mol. The van der Waals surface area contributed by atoms with Gasteiger partial charge in [-0.2, -0.15) is 0 Å². The topological polar surface area (TPSA) is 64.2 Å². The van der Waals surface area contributed by atoms with E-state index < -0.39 is 11.2 Å². The number of benzene rings is 2. The van der Waals surface area contributed by atoms with Crippen LogP contribution in [0.4, 0.5) is 0 Å². The van der Waals surface area contributed by atoms with Crippen LogP contribution in [0.3, 0.4) is 0 Å². The lowest BCUT2D eigenvalue weighted by atomic mass is 10.2. The molecule has 23 heavy (non-hydrogen) atoms. The van der Waals surface area contributed by atoms with Gasteiger partial charge in [0.15, 0.2) is 0 Å². The van der Waals surface area contributed by atoms with Crippen LogP contribution in [0.25, 0.3) is 11.4 Å². The molecule has 0 aliphatic rings. The lowest BCUT2D eigenvalue weighted by molar-refractivity contribution is 0.428. The normalized spacial score (nSPS) is 10.7. The second-order valence-corrected chi connectivity index (χ2v) is 5.47. The fourth-order valence-electron chi connectivity index (χ4n) is 2.40. The minimum atomic E-state index is -0.609. The summed E-state index contributed by atoms with van der Waals surface area (Å²) in [5.41, 5.74) is 1.85. The Morgan fingerprint density at radius 2 is 1.17 bits per heavy atom. The predicted molar refractivity (Wildman–Crippen MR) is 88.8 cm³/mol. The summed E-state index contributed by atoms with van der Waals surface area (Å²) in [5.74, 6) is -0.382. The lowest BCUT2D eigenvalue weighted by Crippen LogP contribution is -2.37. The van der Waals surface area contributed by atoms with Crippen LogP contribution in [0.1, 0.15) is 11.1 Å². The molecule has 0 aliphatic heterocycles. The predicted octanol–water partition coefficient (Wildman–Crippen LogP) is 2.31. The van der Waals surface area contributed by atoms with Gasteiger partial charge in [0.25, 0.3) is 5.56 Å². The van der Waals surface area contributed by atoms with Crippen LogP contribution in [0.5, 0.6) is 5.88 Å². The molecule has 5 heteroatoms. The van der Waals surface area contributed by atoms with E-state index in [4.69, 9.17) is 0 Å². The van der Waals surface area contributed by atoms with Gasteiger partial charge in [-0.05, 0) is 38.1 Å². The fourth-order valence-corrected chi connectivity index (χ4v) is 2.40. The summed E-state index contributed by atoms with van der Waals surface area (Å²) in [6, 6.07) is 15.2. The first-order valence-corrected chi connectivity index (χ1v) is 7.19. The third kappa shape index (κ3) is 2.68. The van der Waals surface area contributed by atoms with Gasteiger partial charge in [0.1, 0.15) is 0 Å². The zero-order valence-electron chi connectivity index (χ0n) is 12.9. The minimum Gasteiger partial charge on any atom is -0.494 e. The molecule has 0 radical (unpaired) electrons. The lowest BCUT2D eigenvalue weighted by Gasteiger charge is -2.12. The molecule has 0 spiro atoms. The number of aromatic hydroxyl groups is 1. The molecule has 0 saturated heterocycles. The third-order valence-corrected chi connectivity index (χ3v) is 3.67. The zero-order valence-corrected chi connectivity index (χ0v) is 12.9.